The van der Waals surface area contributed by atoms with E-state index in [4.69, 9.17) is 21.1 Å². The van der Waals surface area contributed by atoms with Crippen LogP contribution in [0.2, 0.25) is 0 Å². The van der Waals surface area contributed by atoms with E-state index in [2.05, 4.69) is 19.9 Å². The summed E-state index contributed by atoms with van der Waals surface area (Å²) < 4.78 is 5.80. The van der Waals surface area contributed by atoms with Crippen molar-refractivity contribution in [3.8, 4) is 17.2 Å². The molecule has 1 aliphatic heterocycles. The van der Waals surface area contributed by atoms with E-state index >= 15 is 0 Å². The first kappa shape index (κ1) is 20.4. The quantitative estimate of drug-likeness (QED) is 0.497. The van der Waals surface area contributed by atoms with E-state index in [9.17, 15) is 0 Å². The zero-order valence-corrected chi connectivity index (χ0v) is 17.4. The molecule has 2 unspecified atom stereocenters. The molecule has 0 amide bonds. The number of hydrogen-bond donors (Lipinski definition) is 2. The Morgan fingerprint density at radius 1 is 1.10 bits per heavy atom. The van der Waals surface area contributed by atoms with Gasteiger partial charge in [-0.15, -0.1) is 0 Å². The number of hydrogen-bond acceptors (Lipinski definition) is 8. The number of morpholine rings is 1. The van der Waals surface area contributed by atoms with Crippen molar-refractivity contribution in [2.75, 3.05) is 23.7 Å². The van der Waals surface area contributed by atoms with E-state index in [-0.39, 0.29) is 17.9 Å². The molecule has 156 valence electrons. The number of nitrogen functional groups attached to an aromatic ring is 1. The first-order chi connectivity index (χ1) is 14.9. The minimum Gasteiger partial charge on any atom is -0.398 e. The maximum atomic E-state index is 9.12. The molecule has 0 radical (unpaired) electrons. The average molecular weight is 413 g/mol. The van der Waals surface area contributed by atoms with Gasteiger partial charge < -0.3 is 15.4 Å². The summed E-state index contributed by atoms with van der Waals surface area (Å²) in [5.74, 6) is 0.763. The van der Waals surface area contributed by atoms with Gasteiger partial charge in [0.2, 0.25) is 0 Å². The molecule has 8 heteroatoms. The summed E-state index contributed by atoms with van der Waals surface area (Å²) in [7, 11) is 0. The van der Waals surface area contributed by atoms with E-state index in [1.807, 2.05) is 44.2 Å². The molecule has 1 aromatic carbocycles. The summed E-state index contributed by atoms with van der Waals surface area (Å²) in [5, 5.41) is 17.9. The lowest BCUT2D eigenvalue weighted by atomic mass is 9.98. The van der Waals surface area contributed by atoms with Crippen LogP contribution in [0.3, 0.4) is 0 Å². The van der Waals surface area contributed by atoms with Gasteiger partial charge in [0.05, 0.1) is 23.6 Å². The number of pyridine rings is 1. The Bertz CT molecular complexity index is 1160. The van der Waals surface area contributed by atoms with Gasteiger partial charge in [0.15, 0.2) is 0 Å². The van der Waals surface area contributed by atoms with E-state index in [1.54, 1.807) is 18.3 Å². The molecule has 2 aromatic heterocycles. The molecule has 3 heterocycles. The topological polar surface area (TPSA) is 125 Å². The first-order valence-electron chi connectivity index (χ1n) is 10.0. The van der Waals surface area contributed by atoms with Crippen molar-refractivity contribution in [3.05, 3.63) is 65.9 Å². The fraction of sp³-hybridized carbons (Fsp3) is 0.261. The van der Waals surface area contributed by atoms with Crippen molar-refractivity contribution in [2.45, 2.75) is 26.1 Å². The molecule has 1 aliphatic rings. The predicted octanol–water partition coefficient (Wildman–Crippen LogP) is 3.02. The van der Waals surface area contributed by atoms with Gasteiger partial charge in [0.25, 0.3) is 0 Å². The van der Waals surface area contributed by atoms with Crippen LogP contribution in [-0.4, -0.2) is 46.0 Å². The van der Waals surface area contributed by atoms with Gasteiger partial charge in [-0.3, -0.25) is 5.41 Å². The molecule has 0 bridgehead atoms. The minimum atomic E-state index is 0.104. The number of aromatic nitrogens is 3. The predicted molar refractivity (Wildman–Crippen MR) is 119 cm³/mol. The number of nitrogens with one attached hydrogen (secondary N) is 1. The SMILES string of the molecule is CC1CN(c2cc(C(=N)c3cc(-c4ccnc(C#N)c4)ccc3N)ncn2)CC(C)O1. The zero-order valence-electron chi connectivity index (χ0n) is 17.4. The van der Waals surface area contributed by atoms with Gasteiger partial charge in [0.1, 0.15) is 23.9 Å². The highest BCUT2D eigenvalue weighted by Gasteiger charge is 2.24. The number of ether oxygens (including phenoxy) is 1. The second-order valence-corrected chi connectivity index (χ2v) is 7.64. The van der Waals surface area contributed by atoms with Gasteiger partial charge in [0, 0.05) is 36.6 Å². The fourth-order valence-corrected chi connectivity index (χ4v) is 3.78. The van der Waals surface area contributed by atoms with Crippen LogP contribution in [0.4, 0.5) is 11.5 Å². The van der Waals surface area contributed by atoms with E-state index in [0.29, 0.717) is 22.6 Å². The van der Waals surface area contributed by atoms with Crippen LogP contribution in [0.1, 0.15) is 30.8 Å². The summed E-state index contributed by atoms with van der Waals surface area (Å²) in [4.78, 5) is 14.9. The summed E-state index contributed by atoms with van der Waals surface area (Å²) in [6.07, 6.45) is 3.28. The van der Waals surface area contributed by atoms with Crippen molar-refractivity contribution in [1.29, 1.82) is 10.7 Å². The van der Waals surface area contributed by atoms with Crippen LogP contribution in [0, 0.1) is 16.7 Å². The number of benzene rings is 1. The third-order valence-corrected chi connectivity index (χ3v) is 5.18. The van der Waals surface area contributed by atoms with E-state index in [1.165, 1.54) is 6.33 Å². The van der Waals surface area contributed by atoms with Crippen LogP contribution < -0.4 is 10.6 Å². The molecule has 1 fully saturated rings. The lowest BCUT2D eigenvalue weighted by molar-refractivity contribution is -0.00546. The monoisotopic (exact) mass is 413 g/mol. The molecule has 31 heavy (non-hydrogen) atoms. The second-order valence-electron chi connectivity index (χ2n) is 7.64. The highest BCUT2D eigenvalue weighted by Crippen LogP contribution is 2.26. The maximum Gasteiger partial charge on any atom is 0.141 e. The first-order valence-corrected chi connectivity index (χ1v) is 10.0. The zero-order chi connectivity index (χ0) is 22.0. The normalized spacial score (nSPS) is 18.4. The van der Waals surface area contributed by atoms with Gasteiger partial charge in [-0.1, -0.05) is 6.07 Å². The van der Waals surface area contributed by atoms with Gasteiger partial charge >= 0.3 is 0 Å². The summed E-state index contributed by atoms with van der Waals surface area (Å²) >= 11 is 0. The fourth-order valence-electron chi connectivity index (χ4n) is 3.78. The third kappa shape index (κ3) is 4.37. The number of anilines is 2. The van der Waals surface area contributed by atoms with Gasteiger partial charge in [-0.25, -0.2) is 15.0 Å². The van der Waals surface area contributed by atoms with Crippen LogP contribution in [0.5, 0.6) is 0 Å². The Balaban J connectivity index is 1.66. The molecule has 3 N–H and O–H groups in total. The summed E-state index contributed by atoms with van der Waals surface area (Å²) in [5.41, 5.74) is 9.98. The molecule has 0 aliphatic carbocycles. The summed E-state index contributed by atoms with van der Waals surface area (Å²) in [6.45, 7) is 5.54. The third-order valence-electron chi connectivity index (χ3n) is 5.18. The van der Waals surface area contributed by atoms with E-state index in [0.717, 1.165) is 30.0 Å². The van der Waals surface area contributed by atoms with Crippen molar-refractivity contribution < 1.29 is 4.74 Å². The Kier molecular flexibility index (Phi) is 5.60. The molecule has 2 atom stereocenters. The van der Waals surface area contributed by atoms with Crippen LogP contribution >= 0.6 is 0 Å². The number of nitriles is 1. The summed E-state index contributed by atoms with van der Waals surface area (Å²) in [6, 6.07) is 12.9. The van der Waals surface area contributed by atoms with E-state index < -0.39 is 0 Å². The Labute approximate surface area is 180 Å². The highest BCUT2D eigenvalue weighted by molar-refractivity contribution is 6.13. The molecular weight excluding hydrogens is 390 g/mol. The number of nitrogens with zero attached hydrogens (tertiary/aromatic N) is 5. The molecule has 1 saturated heterocycles. The van der Waals surface area contributed by atoms with Crippen LogP contribution in [0.25, 0.3) is 11.1 Å². The Hall–Kier alpha value is -3.83. The second kappa shape index (κ2) is 8.50. The van der Waals surface area contributed by atoms with Crippen molar-refractivity contribution in [2.24, 2.45) is 0 Å². The Morgan fingerprint density at radius 3 is 2.58 bits per heavy atom. The minimum absolute atomic E-state index is 0.104. The highest BCUT2D eigenvalue weighted by atomic mass is 16.5. The largest absolute Gasteiger partial charge is 0.398 e. The Morgan fingerprint density at radius 2 is 1.84 bits per heavy atom. The smallest absolute Gasteiger partial charge is 0.141 e. The lowest BCUT2D eigenvalue weighted by Crippen LogP contribution is -2.45. The lowest BCUT2D eigenvalue weighted by Gasteiger charge is -2.36. The number of rotatable bonds is 4. The maximum absolute atomic E-state index is 9.12. The van der Waals surface area contributed by atoms with Crippen molar-refractivity contribution >= 4 is 17.2 Å². The number of nitrogens with two attached hydrogens (primary N) is 1. The van der Waals surface area contributed by atoms with Crippen molar-refractivity contribution in [1.82, 2.24) is 15.0 Å². The van der Waals surface area contributed by atoms with Crippen LogP contribution in [-0.2, 0) is 4.74 Å². The molecule has 0 saturated carbocycles. The van der Waals surface area contributed by atoms with Gasteiger partial charge in [-0.05, 0) is 49.2 Å². The molecular formula is C23H23N7O. The molecule has 4 rings (SSSR count). The van der Waals surface area contributed by atoms with Crippen LogP contribution in [0.15, 0.2) is 48.9 Å². The molecule has 0 spiro atoms. The van der Waals surface area contributed by atoms with Gasteiger partial charge in [-0.2, -0.15) is 5.26 Å². The molecule has 3 aromatic rings. The average Bonchev–Trinajstić information content (AvgIpc) is 2.78. The molecule has 8 nitrogen and oxygen atoms in total. The standard InChI is InChI=1S/C23H23N7O/c1-14-11-30(12-15(2)31-14)22-9-21(28-13-29-22)23(26)19-8-16(3-4-20(19)25)17-5-6-27-18(7-17)10-24/h3-9,13-15,26H,11-12,25H2,1-2H3. The van der Waals surface area contributed by atoms with Crippen molar-refractivity contribution in [3.63, 3.8) is 0 Å².